The van der Waals surface area contributed by atoms with Gasteiger partial charge in [0.2, 0.25) is 0 Å². The van der Waals surface area contributed by atoms with Crippen LogP contribution in [0, 0.1) is 0 Å². The second-order valence-corrected chi connectivity index (χ2v) is 7.96. The number of carbonyl (C=O) groups excluding carboxylic acids is 1. The number of thiazole rings is 1. The quantitative estimate of drug-likeness (QED) is 0.930. The standard InChI is InChI=1S/C16H27N3O2S/c1-11-8-19(9-12(2)21-11)15(20)17-7-6-14-18-13(10-22-14)16(3,4)5/h10-12H,6-9H2,1-5H3,(H,17,20). The Kier molecular flexibility index (Phi) is 5.45. The van der Waals surface area contributed by atoms with E-state index in [0.29, 0.717) is 19.6 Å². The predicted molar refractivity (Wildman–Crippen MR) is 89.5 cm³/mol. The highest BCUT2D eigenvalue weighted by Crippen LogP contribution is 2.23. The lowest BCUT2D eigenvalue weighted by molar-refractivity contribution is -0.0544. The average molecular weight is 325 g/mol. The molecule has 0 bridgehead atoms. The molecule has 1 N–H and O–H groups in total. The number of hydrogen-bond donors (Lipinski definition) is 1. The molecular weight excluding hydrogens is 298 g/mol. The van der Waals surface area contributed by atoms with Crippen molar-refractivity contribution in [1.29, 1.82) is 0 Å². The molecule has 0 spiro atoms. The van der Waals surface area contributed by atoms with Gasteiger partial charge in [-0.15, -0.1) is 11.3 Å². The minimum Gasteiger partial charge on any atom is -0.372 e. The van der Waals surface area contributed by atoms with Crippen molar-refractivity contribution >= 4 is 17.4 Å². The lowest BCUT2D eigenvalue weighted by Crippen LogP contribution is -2.51. The summed E-state index contributed by atoms with van der Waals surface area (Å²) in [6.07, 6.45) is 0.979. The van der Waals surface area contributed by atoms with E-state index < -0.39 is 0 Å². The lowest BCUT2D eigenvalue weighted by Gasteiger charge is -2.35. The van der Waals surface area contributed by atoms with E-state index in [2.05, 4.69) is 36.5 Å². The zero-order chi connectivity index (χ0) is 16.3. The number of nitrogens with one attached hydrogen (secondary N) is 1. The number of nitrogens with zero attached hydrogens (tertiary/aromatic N) is 2. The third kappa shape index (κ3) is 4.68. The molecule has 1 aromatic rings. The van der Waals surface area contributed by atoms with Gasteiger partial charge in [0.15, 0.2) is 0 Å². The van der Waals surface area contributed by atoms with Gasteiger partial charge in [-0.2, -0.15) is 0 Å². The van der Waals surface area contributed by atoms with Crippen LogP contribution in [-0.2, 0) is 16.6 Å². The smallest absolute Gasteiger partial charge is 0.317 e. The summed E-state index contributed by atoms with van der Waals surface area (Å²) in [6, 6.07) is -0.00500. The number of urea groups is 1. The minimum absolute atomic E-state index is 0.00500. The second kappa shape index (κ2) is 6.96. The van der Waals surface area contributed by atoms with E-state index >= 15 is 0 Å². The zero-order valence-corrected chi connectivity index (χ0v) is 15.0. The van der Waals surface area contributed by atoms with Crippen molar-refractivity contribution in [2.75, 3.05) is 19.6 Å². The van der Waals surface area contributed by atoms with Crippen LogP contribution in [0.25, 0.3) is 0 Å². The summed E-state index contributed by atoms with van der Waals surface area (Å²) in [7, 11) is 0. The Morgan fingerprint density at radius 1 is 1.41 bits per heavy atom. The van der Waals surface area contributed by atoms with Gasteiger partial charge in [-0.05, 0) is 13.8 Å². The SMILES string of the molecule is CC1CN(C(=O)NCCc2nc(C(C)(C)C)cs2)CC(C)O1. The molecule has 0 aromatic carbocycles. The molecule has 2 heterocycles. The fraction of sp³-hybridized carbons (Fsp3) is 0.750. The number of hydrogen-bond acceptors (Lipinski definition) is 4. The number of carbonyl (C=O) groups is 1. The molecular formula is C16H27N3O2S. The molecule has 1 aromatic heterocycles. The van der Waals surface area contributed by atoms with Crippen LogP contribution in [0.5, 0.6) is 0 Å². The van der Waals surface area contributed by atoms with Crippen molar-refractivity contribution in [3.63, 3.8) is 0 Å². The van der Waals surface area contributed by atoms with E-state index in [0.717, 1.165) is 17.1 Å². The largest absolute Gasteiger partial charge is 0.372 e. The van der Waals surface area contributed by atoms with E-state index in [1.807, 2.05) is 18.7 Å². The average Bonchev–Trinajstić information content (AvgIpc) is 2.86. The van der Waals surface area contributed by atoms with Crippen molar-refractivity contribution in [3.8, 4) is 0 Å². The zero-order valence-electron chi connectivity index (χ0n) is 14.2. The van der Waals surface area contributed by atoms with Crippen molar-refractivity contribution < 1.29 is 9.53 Å². The maximum Gasteiger partial charge on any atom is 0.317 e. The summed E-state index contributed by atoms with van der Waals surface area (Å²) in [6.45, 7) is 12.4. The summed E-state index contributed by atoms with van der Waals surface area (Å²) in [5, 5.41) is 6.18. The Hall–Kier alpha value is -1.14. The number of morpholine rings is 1. The number of ether oxygens (including phenoxy) is 1. The number of rotatable bonds is 3. The van der Waals surface area contributed by atoms with E-state index in [-0.39, 0.29) is 23.7 Å². The summed E-state index contributed by atoms with van der Waals surface area (Å²) >= 11 is 1.67. The maximum absolute atomic E-state index is 12.2. The Morgan fingerprint density at radius 3 is 2.59 bits per heavy atom. The normalized spacial score (nSPS) is 22.7. The third-order valence-electron chi connectivity index (χ3n) is 3.64. The third-order valence-corrected chi connectivity index (χ3v) is 4.55. The summed E-state index contributed by atoms with van der Waals surface area (Å²) < 4.78 is 5.64. The number of aromatic nitrogens is 1. The van der Waals surface area contributed by atoms with Crippen LogP contribution < -0.4 is 5.32 Å². The lowest BCUT2D eigenvalue weighted by atomic mass is 9.93. The highest BCUT2D eigenvalue weighted by atomic mass is 32.1. The number of amides is 2. The van der Waals surface area contributed by atoms with Gasteiger partial charge in [-0.25, -0.2) is 9.78 Å². The Morgan fingerprint density at radius 2 is 2.05 bits per heavy atom. The Bertz CT molecular complexity index is 500. The molecule has 1 saturated heterocycles. The van der Waals surface area contributed by atoms with E-state index in [9.17, 15) is 4.79 Å². The summed E-state index contributed by atoms with van der Waals surface area (Å²) in [5.74, 6) is 0. The van der Waals surface area contributed by atoms with Crippen LogP contribution in [0.1, 0.15) is 45.3 Å². The van der Waals surface area contributed by atoms with Crippen LogP contribution in [-0.4, -0.2) is 47.8 Å². The van der Waals surface area contributed by atoms with Gasteiger partial charge in [-0.3, -0.25) is 0 Å². The molecule has 0 aliphatic carbocycles. The first-order chi connectivity index (χ1) is 10.3. The molecule has 22 heavy (non-hydrogen) atoms. The summed E-state index contributed by atoms with van der Waals surface area (Å²) in [4.78, 5) is 18.7. The molecule has 6 heteroatoms. The fourth-order valence-electron chi connectivity index (χ4n) is 2.50. The molecule has 2 rings (SSSR count). The van der Waals surface area contributed by atoms with Crippen LogP contribution in [0.2, 0.25) is 0 Å². The maximum atomic E-state index is 12.2. The molecule has 0 saturated carbocycles. The van der Waals surface area contributed by atoms with Gasteiger partial charge >= 0.3 is 6.03 Å². The van der Waals surface area contributed by atoms with Crippen molar-refractivity contribution in [1.82, 2.24) is 15.2 Å². The van der Waals surface area contributed by atoms with E-state index in [4.69, 9.17) is 4.74 Å². The molecule has 5 nitrogen and oxygen atoms in total. The van der Waals surface area contributed by atoms with Gasteiger partial charge in [0, 0.05) is 36.9 Å². The van der Waals surface area contributed by atoms with Gasteiger partial charge in [0.25, 0.3) is 0 Å². The first-order valence-corrected chi connectivity index (χ1v) is 8.77. The molecule has 1 fully saturated rings. The Labute approximate surface area is 137 Å². The second-order valence-electron chi connectivity index (χ2n) is 7.02. The van der Waals surface area contributed by atoms with Gasteiger partial charge in [-0.1, -0.05) is 20.8 Å². The molecule has 2 amide bonds. The molecule has 2 unspecified atom stereocenters. The van der Waals surface area contributed by atoms with Gasteiger partial charge in [0.1, 0.15) is 0 Å². The highest BCUT2D eigenvalue weighted by Gasteiger charge is 2.25. The monoisotopic (exact) mass is 325 g/mol. The van der Waals surface area contributed by atoms with Gasteiger partial charge < -0.3 is 15.0 Å². The topological polar surface area (TPSA) is 54.5 Å². The fourth-order valence-corrected chi connectivity index (χ4v) is 3.53. The van der Waals surface area contributed by atoms with Crippen molar-refractivity contribution in [3.05, 3.63) is 16.1 Å². The van der Waals surface area contributed by atoms with Crippen LogP contribution >= 0.6 is 11.3 Å². The van der Waals surface area contributed by atoms with Crippen LogP contribution in [0.4, 0.5) is 4.79 Å². The Balaban J connectivity index is 1.78. The van der Waals surface area contributed by atoms with Crippen LogP contribution in [0.3, 0.4) is 0 Å². The molecule has 0 radical (unpaired) electrons. The molecule has 1 aliphatic heterocycles. The minimum atomic E-state index is -0.00500. The first-order valence-electron chi connectivity index (χ1n) is 7.89. The van der Waals surface area contributed by atoms with E-state index in [1.54, 1.807) is 11.3 Å². The molecule has 1 aliphatic rings. The molecule has 124 valence electrons. The first kappa shape index (κ1) is 17.2. The van der Waals surface area contributed by atoms with Gasteiger partial charge in [0.05, 0.1) is 22.9 Å². The summed E-state index contributed by atoms with van der Waals surface area (Å²) in [5.41, 5.74) is 1.20. The van der Waals surface area contributed by atoms with Crippen molar-refractivity contribution in [2.45, 2.75) is 58.7 Å². The predicted octanol–water partition coefficient (Wildman–Crippen LogP) is 2.80. The van der Waals surface area contributed by atoms with Crippen molar-refractivity contribution in [2.24, 2.45) is 0 Å². The van der Waals surface area contributed by atoms with E-state index in [1.165, 1.54) is 0 Å². The van der Waals surface area contributed by atoms with Crippen LogP contribution in [0.15, 0.2) is 5.38 Å². The highest BCUT2D eigenvalue weighted by molar-refractivity contribution is 7.09. The molecule has 2 atom stereocenters.